The van der Waals surface area contributed by atoms with Crippen molar-refractivity contribution in [2.75, 3.05) is 0 Å². The summed E-state index contributed by atoms with van der Waals surface area (Å²) in [6.45, 7) is 0. The molecule has 1 aromatic rings. The molecule has 0 bridgehead atoms. The lowest BCUT2D eigenvalue weighted by atomic mass is 10.4. The predicted octanol–water partition coefficient (Wildman–Crippen LogP) is 2.11. The van der Waals surface area contributed by atoms with Crippen LogP contribution in [0.25, 0.3) is 0 Å². The van der Waals surface area contributed by atoms with Crippen LogP contribution < -0.4 is 0 Å². The molecular weight excluding hydrogens is 173 g/mol. The molecule has 0 radical (unpaired) electrons. The fourth-order valence-electron chi connectivity index (χ4n) is 0.389. The molecule has 52 valence electrons. The smallest absolute Gasteiger partial charge is 0.270 e. The van der Waals surface area contributed by atoms with Crippen LogP contribution in [0, 0.1) is 0 Å². The maximum Gasteiger partial charge on any atom is 0.270 e. The molecule has 0 spiro atoms. The lowest BCUT2D eigenvalue weighted by molar-refractivity contribution is 0.107. The summed E-state index contributed by atoms with van der Waals surface area (Å²) in [5.41, 5.74) is -0.396. The molecule has 4 heteroatoms. The van der Waals surface area contributed by atoms with Crippen molar-refractivity contribution in [1.82, 2.24) is 4.98 Å². The minimum Gasteiger partial charge on any atom is -0.274 e. The van der Waals surface area contributed by atoms with Crippen molar-refractivity contribution in [3.63, 3.8) is 0 Å². The SMILES string of the molecule is [2H]c1nc(C(=O)Cl)c([2H])c(Cl)c1[2H]. The molecule has 1 aromatic heterocycles. The molecule has 0 N–H and O–H groups in total. The number of nitrogens with zero attached hydrogens (tertiary/aromatic N) is 1. The molecule has 0 fully saturated rings. The molecule has 0 aliphatic heterocycles. The number of halogens is 2. The van der Waals surface area contributed by atoms with Gasteiger partial charge in [-0.05, 0) is 23.7 Å². The Morgan fingerprint density at radius 3 is 3.10 bits per heavy atom. The number of pyridine rings is 1. The Labute approximate surface area is 72.0 Å². The van der Waals surface area contributed by atoms with Crippen molar-refractivity contribution in [1.29, 1.82) is 0 Å². The fraction of sp³-hybridized carbons (Fsp3) is 0. The van der Waals surface area contributed by atoms with Gasteiger partial charge in [-0.15, -0.1) is 0 Å². The van der Waals surface area contributed by atoms with Gasteiger partial charge in [0, 0.05) is 11.2 Å². The minimum absolute atomic E-state index is 0.288. The van der Waals surface area contributed by atoms with E-state index in [1.54, 1.807) is 0 Å². The summed E-state index contributed by atoms with van der Waals surface area (Å²) in [4.78, 5) is 14.0. The van der Waals surface area contributed by atoms with Gasteiger partial charge < -0.3 is 0 Å². The number of carbonyl (C=O) groups excluding carboxylic acids is 1. The monoisotopic (exact) mass is 178 g/mol. The molecule has 0 unspecified atom stereocenters. The van der Waals surface area contributed by atoms with E-state index in [1.807, 2.05) is 0 Å². The summed E-state index contributed by atoms with van der Waals surface area (Å²) in [5, 5.41) is -1.25. The van der Waals surface area contributed by atoms with Gasteiger partial charge in [0.25, 0.3) is 5.24 Å². The number of aromatic nitrogens is 1. The van der Waals surface area contributed by atoms with Crippen LogP contribution in [0.3, 0.4) is 0 Å². The Balaban J connectivity index is 3.50. The maximum atomic E-state index is 10.7. The van der Waals surface area contributed by atoms with E-state index in [0.29, 0.717) is 0 Å². The molecule has 0 amide bonds. The van der Waals surface area contributed by atoms with Crippen LogP contribution in [-0.2, 0) is 0 Å². The molecular formula is C6H3Cl2NO. The summed E-state index contributed by atoms with van der Waals surface area (Å²) < 4.78 is 21.5. The average molecular weight is 179 g/mol. The normalized spacial score (nSPS) is 13.6. The summed E-state index contributed by atoms with van der Waals surface area (Å²) in [6, 6.07) is -0.795. The maximum absolute atomic E-state index is 10.7. The third-order valence-electron chi connectivity index (χ3n) is 0.748. The van der Waals surface area contributed by atoms with Crippen LogP contribution in [0.2, 0.25) is 5.02 Å². The van der Waals surface area contributed by atoms with Crippen molar-refractivity contribution < 1.29 is 8.91 Å². The molecule has 2 nitrogen and oxygen atoms in total. The van der Waals surface area contributed by atoms with Gasteiger partial charge in [0.1, 0.15) is 5.69 Å². The van der Waals surface area contributed by atoms with Gasteiger partial charge in [-0.3, -0.25) is 9.78 Å². The largest absolute Gasteiger partial charge is 0.274 e. The zero-order valence-corrected chi connectivity index (χ0v) is 6.12. The molecule has 1 heterocycles. The van der Waals surface area contributed by atoms with Gasteiger partial charge in [0.05, 0.1) is 4.11 Å². The van der Waals surface area contributed by atoms with Crippen molar-refractivity contribution in [2.24, 2.45) is 0 Å². The Hall–Kier alpha value is -0.600. The number of carbonyl (C=O) groups is 1. The average Bonchev–Trinajstić information content (AvgIpc) is 2.07. The Morgan fingerprint density at radius 1 is 1.80 bits per heavy atom. The van der Waals surface area contributed by atoms with E-state index < -0.39 is 23.2 Å². The first-order chi connectivity index (χ1) is 5.95. The Bertz CT molecular complexity index is 383. The first kappa shape index (κ1) is 4.31. The summed E-state index contributed by atoms with van der Waals surface area (Å²) in [5.74, 6) is 0. The third kappa shape index (κ3) is 1.69. The van der Waals surface area contributed by atoms with Crippen LogP contribution in [0.15, 0.2) is 18.3 Å². The lowest BCUT2D eigenvalue weighted by Crippen LogP contribution is -1.91. The highest BCUT2D eigenvalue weighted by atomic mass is 35.5. The zero-order chi connectivity index (χ0) is 10.2. The molecule has 1 rings (SSSR count). The summed E-state index contributed by atoms with van der Waals surface area (Å²) in [6.07, 6.45) is -0.468. The van der Waals surface area contributed by atoms with E-state index in [1.165, 1.54) is 0 Å². The van der Waals surface area contributed by atoms with E-state index in [4.69, 9.17) is 27.3 Å². The number of hydrogen-bond acceptors (Lipinski definition) is 2. The molecule has 10 heavy (non-hydrogen) atoms. The number of hydrogen-bond donors (Lipinski definition) is 0. The first-order valence-corrected chi connectivity index (χ1v) is 3.04. The second kappa shape index (κ2) is 2.99. The standard InChI is InChI=1S/C6H3Cl2NO/c7-4-1-2-9-5(3-4)6(8)10/h1-3H/i1D,2D,3D. The van der Waals surface area contributed by atoms with Crippen LogP contribution >= 0.6 is 23.2 Å². The van der Waals surface area contributed by atoms with Crippen LogP contribution in [0.1, 0.15) is 14.6 Å². The van der Waals surface area contributed by atoms with Gasteiger partial charge in [-0.2, -0.15) is 0 Å². The van der Waals surface area contributed by atoms with Crippen LogP contribution in [-0.4, -0.2) is 10.2 Å². The van der Waals surface area contributed by atoms with E-state index in [0.717, 1.165) is 0 Å². The van der Waals surface area contributed by atoms with Crippen LogP contribution in [0.5, 0.6) is 0 Å². The van der Waals surface area contributed by atoms with Gasteiger partial charge in [-0.25, -0.2) is 0 Å². The lowest BCUT2D eigenvalue weighted by Gasteiger charge is -1.90. The van der Waals surface area contributed by atoms with Crippen molar-refractivity contribution in [2.45, 2.75) is 0 Å². The Kier molecular flexibility index (Phi) is 1.29. The molecule has 0 saturated carbocycles. The second-order valence-electron chi connectivity index (χ2n) is 1.41. The zero-order valence-electron chi connectivity index (χ0n) is 7.61. The van der Waals surface area contributed by atoms with Gasteiger partial charge in [0.15, 0.2) is 0 Å². The molecule has 0 saturated heterocycles. The minimum atomic E-state index is -0.958. The summed E-state index contributed by atoms with van der Waals surface area (Å²) >= 11 is 10.6. The van der Waals surface area contributed by atoms with Gasteiger partial charge >= 0.3 is 0 Å². The highest BCUT2D eigenvalue weighted by Crippen LogP contribution is 2.09. The Morgan fingerprint density at radius 2 is 2.50 bits per heavy atom. The van der Waals surface area contributed by atoms with E-state index in [2.05, 4.69) is 4.98 Å². The number of rotatable bonds is 1. The molecule has 0 atom stereocenters. The summed E-state index contributed by atoms with van der Waals surface area (Å²) in [7, 11) is 0. The van der Waals surface area contributed by atoms with E-state index >= 15 is 0 Å². The van der Waals surface area contributed by atoms with Crippen molar-refractivity contribution >= 4 is 28.4 Å². The highest BCUT2D eigenvalue weighted by molar-refractivity contribution is 6.67. The van der Waals surface area contributed by atoms with E-state index in [9.17, 15) is 4.79 Å². The van der Waals surface area contributed by atoms with Crippen molar-refractivity contribution in [3.05, 3.63) is 29.0 Å². The fourth-order valence-corrected chi connectivity index (χ4v) is 0.610. The molecule has 0 aliphatic carbocycles. The highest BCUT2D eigenvalue weighted by Gasteiger charge is 2.01. The predicted molar refractivity (Wildman–Crippen MR) is 39.4 cm³/mol. The third-order valence-corrected chi connectivity index (χ3v) is 1.12. The molecule has 0 aromatic carbocycles. The first-order valence-electron chi connectivity index (χ1n) is 3.78. The van der Waals surface area contributed by atoms with Gasteiger partial charge in [-0.1, -0.05) is 11.6 Å². The van der Waals surface area contributed by atoms with E-state index in [-0.39, 0.29) is 11.1 Å². The van der Waals surface area contributed by atoms with Crippen LogP contribution in [0.4, 0.5) is 0 Å². The second-order valence-corrected chi connectivity index (χ2v) is 2.13. The molecule has 0 aliphatic rings. The quantitative estimate of drug-likeness (QED) is 0.618. The van der Waals surface area contributed by atoms with Crippen molar-refractivity contribution in [3.8, 4) is 0 Å². The van der Waals surface area contributed by atoms with Gasteiger partial charge in [0.2, 0.25) is 0 Å². The topological polar surface area (TPSA) is 30.0 Å².